The fourth-order valence-electron chi connectivity index (χ4n) is 3.12. The lowest BCUT2D eigenvalue weighted by Crippen LogP contribution is -2.34. The van der Waals surface area contributed by atoms with E-state index >= 15 is 0 Å². The molecule has 27 heavy (non-hydrogen) atoms. The third-order valence-electron chi connectivity index (χ3n) is 4.48. The van der Waals surface area contributed by atoms with Crippen molar-refractivity contribution >= 4 is 29.2 Å². The number of ether oxygens (including phenoxy) is 1. The number of carbonyl (C=O) groups excluding carboxylic acids is 3. The maximum Gasteiger partial charge on any atom is 0.338 e. The highest BCUT2D eigenvalue weighted by atomic mass is 16.5. The number of anilines is 2. The number of nitrogens with zero attached hydrogens (tertiary/aromatic N) is 2. The van der Waals surface area contributed by atoms with E-state index in [9.17, 15) is 14.4 Å². The topological polar surface area (TPSA) is 66.9 Å². The second-order valence-electron chi connectivity index (χ2n) is 6.25. The SMILES string of the molecule is CCN(C(=O)COC(=O)c1cccc(N2CCCC2=O)c1)c1ccccc1. The fourth-order valence-corrected chi connectivity index (χ4v) is 3.12. The Morgan fingerprint density at radius 1 is 1.11 bits per heavy atom. The first kappa shape index (κ1) is 18.6. The van der Waals surface area contributed by atoms with Gasteiger partial charge < -0.3 is 14.5 Å². The Bertz CT molecular complexity index is 835. The van der Waals surface area contributed by atoms with Gasteiger partial charge in [-0.15, -0.1) is 0 Å². The zero-order valence-electron chi connectivity index (χ0n) is 15.3. The number of esters is 1. The van der Waals surface area contributed by atoms with E-state index in [2.05, 4.69) is 0 Å². The zero-order chi connectivity index (χ0) is 19.2. The van der Waals surface area contributed by atoms with Gasteiger partial charge in [-0.05, 0) is 43.7 Å². The first-order valence-corrected chi connectivity index (χ1v) is 9.03. The number of amides is 2. The number of likely N-dealkylation sites (N-methyl/N-ethyl adjacent to an activating group) is 1. The summed E-state index contributed by atoms with van der Waals surface area (Å²) in [6, 6.07) is 16.0. The van der Waals surface area contributed by atoms with Crippen LogP contribution in [0.25, 0.3) is 0 Å². The van der Waals surface area contributed by atoms with Gasteiger partial charge in [-0.1, -0.05) is 24.3 Å². The minimum Gasteiger partial charge on any atom is -0.452 e. The number of hydrogen-bond donors (Lipinski definition) is 0. The van der Waals surface area contributed by atoms with E-state index in [-0.39, 0.29) is 18.4 Å². The molecule has 0 spiro atoms. The van der Waals surface area contributed by atoms with Crippen molar-refractivity contribution in [2.75, 3.05) is 29.5 Å². The molecule has 2 aromatic carbocycles. The number of benzene rings is 2. The molecule has 2 amide bonds. The van der Waals surface area contributed by atoms with Gasteiger partial charge in [-0.25, -0.2) is 4.79 Å². The van der Waals surface area contributed by atoms with Crippen LogP contribution in [0.15, 0.2) is 54.6 Å². The highest BCUT2D eigenvalue weighted by molar-refractivity contribution is 5.99. The van der Waals surface area contributed by atoms with E-state index in [1.807, 2.05) is 37.3 Å². The molecule has 0 N–H and O–H groups in total. The second-order valence-corrected chi connectivity index (χ2v) is 6.25. The van der Waals surface area contributed by atoms with E-state index in [4.69, 9.17) is 4.74 Å². The van der Waals surface area contributed by atoms with Crippen molar-refractivity contribution in [2.45, 2.75) is 19.8 Å². The van der Waals surface area contributed by atoms with Crippen LogP contribution in [-0.2, 0) is 14.3 Å². The molecule has 6 nitrogen and oxygen atoms in total. The highest BCUT2D eigenvalue weighted by Crippen LogP contribution is 2.22. The Kier molecular flexibility index (Phi) is 5.86. The van der Waals surface area contributed by atoms with Crippen molar-refractivity contribution in [3.8, 4) is 0 Å². The summed E-state index contributed by atoms with van der Waals surface area (Å²) in [6.07, 6.45) is 1.34. The molecular formula is C21H22N2O4. The van der Waals surface area contributed by atoms with Crippen molar-refractivity contribution < 1.29 is 19.1 Å². The maximum absolute atomic E-state index is 12.4. The predicted octanol–water partition coefficient (Wildman–Crippen LogP) is 3.02. The molecule has 0 aromatic heterocycles. The van der Waals surface area contributed by atoms with Crippen LogP contribution in [0.4, 0.5) is 11.4 Å². The Labute approximate surface area is 158 Å². The summed E-state index contributed by atoms with van der Waals surface area (Å²) < 4.78 is 5.21. The molecule has 0 atom stereocenters. The van der Waals surface area contributed by atoms with Crippen molar-refractivity contribution in [1.82, 2.24) is 0 Å². The minimum atomic E-state index is -0.582. The molecule has 3 rings (SSSR count). The van der Waals surface area contributed by atoms with Crippen LogP contribution in [-0.4, -0.2) is 37.5 Å². The van der Waals surface area contributed by atoms with Crippen molar-refractivity contribution in [3.63, 3.8) is 0 Å². The maximum atomic E-state index is 12.4. The Balaban J connectivity index is 1.63. The average Bonchev–Trinajstić information content (AvgIpc) is 3.13. The lowest BCUT2D eigenvalue weighted by atomic mass is 10.2. The third kappa shape index (κ3) is 4.34. The molecule has 2 aromatic rings. The minimum absolute atomic E-state index is 0.0529. The van der Waals surface area contributed by atoms with E-state index in [1.54, 1.807) is 34.1 Å². The summed E-state index contributed by atoms with van der Waals surface area (Å²) in [5.74, 6) is -0.818. The molecule has 1 fully saturated rings. The molecule has 0 radical (unpaired) electrons. The first-order valence-electron chi connectivity index (χ1n) is 9.03. The van der Waals surface area contributed by atoms with Gasteiger partial charge in [0.2, 0.25) is 5.91 Å². The largest absolute Gasteiger partial charge is 0.452 e. The molecular weight excluding hydrogens is 344 g/mol. The zero-order valence-corrected chi connectivity index (χ0v) is 15.3. The van der Waals surface area contributed by atoms with Crippen LogP contribution in [0.5, 0.6) is 0 Å². The lowest BCUT2D eigenvalue weighted by molar-refractivity contribution is -0.121. The summed E-state index contributed by atoms with van der Waals surface area (Å²) in [4.78, 5) is 39.9. The fraction of sp³-hybridized carbons (Fsp3) is 0.286. The number of para-hydroxylation sites is 1. The average molecular weight is 366 g/mol. The third-order valence-corrected chi connectivity index (χ3v) is 4.48. The predicted molar refractivity (Wildman–Crippen MR) is 103 cm³/mol. The van der Waals surface area contributed by atoms with Crippen LogP contribution < -0.4 is 9.80 Å². The summed E-state index contributed by atoms with van der Waals surface area (Å²) in [5.41, 5.74) is 1.76. The van der Waals surface area contributed by atoms with Crippen LogP contribution >= 0.6 is 0 Å². The molecule has 140 valence electrons. The molecule has 1 aliphatic heterocycles. The summed E-state index contributed by atoms with van der Waals surface area (Å²) in [5, 5.41) is 0. The molecule has 6 heteroatoms. The number of hydrogen-bond acceptors (Lipinski definition) is 4. The molecule has 0 aliphatic carbocycles. The van der Waals surface area contributed by atoms with Gasteiger partial charge in [0, 0.05) is 30.9 Å². The molecule has 1 aliphatic rings. The van der Waals surface area contributed by atoms with Crippen molar-refractivity contribution in [3.05, 3.63) is 60.2 Å². The van der Waals surface area contributed by atoms with Gasteiger partial charge in [0.15, 0.2) is 6.61 Å². The van der Waals surface area contributed by atoms with E-state index in [0.29, 0.717) is 30.8 Å². The molecule has 0 saturated carbocycles. The summed E-state index contributed by atoms with van der Waals surface area (Å²) in [7, 11) is 0. The Hall–Kier alpha value is -3.15. The first-order chi connectivity index (χ1) is 13.1. The molecule has 0 unspecified atom stereocenters. The van der Waals surface area contributed by atoms with Gasteiger partial charge in [0.25, 0.3) is 5.91 Å². The Morgan fingerprint density at radius 2 is 1.89 bits per heavy atom. The van der Waals surface area contributed by atoms with Gasteiger partial charge in [-0.2, -0.15) is 0 Å². The molecule has 1 saturated heterocycles. The van der Waals surface area contributed by atoms with Gasteiger partial charge >= 0.3 is 5.97 Å². The summed E-state index contributed by atoms with van der Waals surface area (Å²) >= 11 is 0. The molecule has 1 heterocycles. The quantitative estimate of drug-likeness (QED) is 0.737. The van der Waals surface area contributed by atoms with E-state index < -0.39 is 5.97 Å². The van der Waals surface area contributed by atoms with Crippen molar-refractivity contribution in [1.29, 1.82) is 0 Å². The van der Waals surface area contributed by atoms with E-state index in [1.165, 1.54) is 0 Å². The monoisotopic (exact) mass is 366 g/mol. The molecule has 0 bridgehead atoms. The summed E-state index contributed by atoms with van der Waals surface area (Å²) in [6.45, 7) is 2.66. The standard InChI is InChI=1S/C21H22N2O4/c1-2-22(17-9-4-3-5-10-17)20(25)15-27-21(26)16-8-6-11-18(14-16)23-13-7-12-19(23)24/h3-6,8-11,14H,2,7,12-13,15H2,1H3. The van der Waals surface area contributed by atoms with Crippen LogP contribution in [0, 0.1) is 0 Å². The van der Waals surface area contributed by atoms with E-state index in [0.717, 1.165) is 12.1 Å². The normalized spacial score (nSPS) is 13.5. The van der Waals surface area contributed by atoms with Crippen LogP contribution in [0.1, 0.15) is 30.1 Å². The van der Waals surface area contributed by atoms with Gasteiger partial charge in [0.1, 0.15) is 0 Å². The van der Waals surface area contributed by atoms with Crippen LogP contribution in [0.3, 0.4) is 0 Å². The van der Waals surface area contributed by atoms with Crippen LogP contribution in [0.2, 0.25) is 0 Å². The number of carbonyl (C=O) groups is 3. The van der Waals surface area contributed by atoms with Gasteiger partial charge in [-0.3, -0.25) is 9.59 Å². The highest BCUT2D eigenvalue weighted by Gasteiger charge is 2.23. The number of rotatable bonds is 6. The lowest BCUT2D eigenvalue weighted by Gasteiger charge is -2.21. The van der Waals surface area contributed by atoms with Gasteiger partial charge in [0.05, 0.1) is 5.56 Å². The second kappa shape index (κ2) is 8.49. The Morgan fingerprint density at radius 3 is 2.56 bits per heavy atom. The van der Waals surface area contributed by atoms with Crippen molar-refractivity contribution in [2.24, 2.45) is 0 Å². The smallest absolute Gasteiger partial charge is 0.338 e.